The molecular weight excluding hydrogens is 173 g/mol. The molecule has 72 valence electrons. The van der Waals surface area contributed by atoms with Gasteiger partial charge in [-0.2, -0.15) is 0 Å². The minimum absolute atomic E-state index is 0.176. The van der Waals surface area contributed by atoms with Gasteiger partial charge < -0.3 is 0 Å². The fourth-order valence-corrected chi connectivity index (χ4v) is 0.779. The van der Waals surface area contributed by atoms with Crippen molar-refractivity contribution < 1.29 is 9.31 Å². The summed E-state index contributed by atoms with van der Waals surface area (Å²) in [4.78, 5) is 9.61. The molecule has 0 heterocycles. The number of halogens is 1. The van der Waals surface area contributed by atoms with Crippen LogP contribution in [-0.4, -0.2) is 4.92 Å². The largest absolute Gasteiger partial charge is 0.275 e. The topological polar surface area (TPSA) is 43.1 Å². The van der Waals surface area contributed by atoms with Crippen LogP contribution in [0.4, 0.5) is 10.1 Å². The summed E-state index contributed by atoms with van der Waals surface area (Å²) >= 11 is 0. The molecule has 4 heteroatoms. The van der Waals surface area contributed by atoms with Crippen LogP contribution in [0.15, 0.2) is 18.2 Å². The van der Waals surface area contributed by atoms with E-state index in [1.54, 1.807) is 6.92 Å². The quantitative estimate of drug-likeness (QED) is 0.498. The molecule has 0 aliphatic carbocycles. The zero-order valence-corrected chi connectivity index (χ0v) is 7.87. The van der Waals surface area contributed by atoms with Crippen molar-refractivity contribution in [3.05, 3.63) is 39.7 Å². The maximum absolute atomic E-state index is 12.4. The summed E-state index contributed by atoms with van der Waals surface area (Å²) in [6.07, 6.45) is 0. The van der Waals surface area contributed by atoms with Gasteiger partial charge in [0, 0.05) is 5.56 Å². The van der Waals surface area contributed by atoms with E-state index < -0.39 is 10.7 Å². The van der Waals surface area contributed by atoms with Gasteiger partial charge in [0.2, 0.25) is 0 Å². The SMILES string of the molecule is CC.Cc1ccc(F)cc1[N+](=O)[O-]. The van der Waals surface area contributed by atoms with Crippen molar-refractivity contribution in [3.8, 4) is 0 Å². The maximum Gasteiger partial charge on any atom is 0.275 e. The van der Waals surface area contributed by atoms with Crippen molar-refractivity contribution in [1.29, 1.82) is 0 Å². The van der Waals surface area contributed by atoms with E-state index in [4.69, 9.17) is 0 Å². The Labute approximate surface area is 76.4 Å². The van der Waals surface area contributed by atoms with Crippen LogP contribution < -0.4 is 0 Å². The predicted octanol–water partition coefficient (Wildman–Crippen LogP) is 3.07. The number of hydrogen-bond acceptors (Lipinski definition) is 2. The molecule has 0 bridgehead atoms. The fourth-order valence-electron chi connectivity index (χ4n) is 0.779. The van der Waals surface area contributed by atoms with E-state index >= 15 is 0 Å². The molecule has 0 unspecified atom stereocenters. The van der Waals surface area contributed by atoms with Crippen molar-refractivity contribution in [2.24, 2.45) is 0 Å². The lowest BCUT2D eigenvalue weighted by atomic mass is 10.2. The van der Waals surface area contributed by atoms with Crippen molar-refractivity contribution in [2.75, 3.05) is 0 Å². The summed E-state index contributed by atoms with van der Waals surface area (Å²) in [5, 5.41) is 10.2. The van der Waals surface area contributed by atoms with Gasteiger partial charge >= 0.3 is 0 Å². The molecule has 0 fully saturated rings. The van der Waals surface area contributed by atoms with Crippen LogP contribution in [0.25, 0.3) is 0 Å². The molecule has 0 aromatic heterocycles. The molecule has 0 atom stereocenters. The number of hydrogen-bond donors (Lipinski definition) is 0. The zero-order chi connectivity index (χ0) is 10.4. The van der Waals surface area contributed by atoms with Gasteiger partial charge in [-0.3, -0.25) is 10.1 Å². The van der Waals surface area contributed by atoms with E-state index in [2.05, 4.69) is 0 Å². The average Bonchev–Trinajstić information content (AvgIpc) is 2.12. The van der Waals surface area contributed by atoms with Crippen molar-refractivity contribution >= 4 is 5.69 Å². The highest BCUT2D eigenvalue weighted by Crippen LogP contribution is 2.17. The molecule has 0 aliphatic rings. The van der Waals surface area contributed by atoms with Gasteiger partial charge in [-0.25, -0.2) is 4.39 Å². The number of nitro groups is 1. The summed E-state index contributed by atoms with van der Waals surface area (Å²) < 4.78 is 12.4. The van der Waals surface area contributed by atoms with Crippen LogP contribution in [0.3, 0.4) is 0 Å². The lowest BCUT2D eigenvalue weighted by Crippen LogP contribution is -1.91. The standard InChI is InChI=1S/C7H6FNO2.C2H6/c1-5-2-3-6(8)4-7(5)9(10)11;1-2/h2-4H,1H3;1-2H3. The summed E-state index contributed by atoms with van der Waals surface area (Å²) in [6, 6.07) is 3.49. The Kier molecular flexibility index (Phi) is 4.66. The van der Waals surface area contributed by atoms with Gasteiger partial charge in [0.05, 0.1) is 11.0 Å². The van der Waals surface area contributed by atoms with Crippen LogP contribution in [0, 0.1) is 22.9 Å². The van der Waals surface area contributed by atoms with Crippen LogP contribution >= 0.6 is 0 Å². The number of nitro benzene ring substituents is 1. The highest BCUT2D eigenvalue weighted by molar-refractivity contribution is 5.38. The first kappa shape index (κ1) is 11.6. The highest BCUT2D eigenvalue weighted by atomic mass is 19.1. The van der Waals surface area contributed by atoms with Crippen molar-refractivity contribution in [2.45, 2.75) is 20.8 Å². The average molecular weight is 185 g/mol. The molecule has 0 saturated heterocycles. The van der Waals surface area contributed by atoms with Gasteiger partial charge in [-0.15, -0.1) is 0 Å². The Balaban J connectivity index is 0.000000671. The predicted molar refractivity (Wildman–Crippen MR) is 49.1 cm³/mol. The third kappa shape index (κ3) is 3.19. The molecular formula is C9H12FNO2. The summed E-state index contributed by atoms with van der Waals surface area (Å²) in [5.74, 6) is -0.581. The molecule has 0 aliphatic heterocycles. The van der Waals surface area contributed by atoms with Crippen molar-refractivity contribution in [1.82, 2.24) is 0 Å². The van der Waals surface area contributed by atoms with Gasteiger partial charge in [0.25, 0.3) is 5.69 Å². The molecule has 13 heavy (non-hydrogen) atoms. The molecule has 0 radical (unpaired) electrons. The number of benzene rings is 1. The molecule has 0 amide bonds. The number of rotatable bonds is 1. The molecule has 1 rings (SSSR count). The summed E-state index contributed by atoms with van der Waals surface area (Å²) in [7, 11) is 0. The minimum Gasteiger partial charge on any atom is -0.258 e. The monoisotopic (exact) mass is 185 g/mol. The molecule has 3 nitrogen and oxygen atoms in total. The van der Waals surface area contributed by atoms with E-state index in [-0.39, 0.29) is 5.69 Å². The lowest BCUT2D eigenvalue weighted by molar-refractivity contribution is -0.385. The Morgan fingerprint density at radius 2 is 1.92 bits per heavy atom. The normalized spacial score (nSPS) is 8.62. The van der Waals surface area contributed by atoms with Crippen LogP contribution in [0.5, 0.6) is 0 Å². The van der Waals surface area contributed by atoms with Gasteiger partial charge in [0.1, 0.15) is 5.82 Å². The van der Waals surface area contributed by atoms with E-state index in [0.29, 0.717) is 5.56 Å². The Bertz CT molecular complexity index is 300. The third-order valence-corrected chi connectivity index (χ3v) is 1.37. The molecule has 1 aromatic carbocycles. The molecule has 0 saturated carbocycles. The second kappa shape index (κ2) is 5.24. The van der Waals surface area contributed by atoms with E-state index in [1.807, 2.05) is 13.8 Å². The van der Waals surface area contributed by atoms with Crippen molar-refractivity contribution in [3.63, 3.8) is 0 Å². The van der Waals surface area contributed by atoms with Crippen LogP contribution in [0.1, 0.15) is 19.4 Å². The first-order valence-electron chi connectivity index (χ1n) is 4.02. The first-order valence-corrected chi connectivity index (χ1v) is 4.02. The van der Waals surface area contributed by atoms with Gasteiger partial charge in [-0.1, -0.05) is 13.8 Å². The first-order chi connectivity index (χ1) is 6.11. The second-order valence-electron chi connectivity index (χ2n) is 2.19. The summed E-state index contributed by atoms with van der Waals surface area (Å²) in [6.45, 7) is 5.57. The minimum atomic E-state index is -0.599. The number of aryl methyl sites for hydroxylation is 1. The lowest BCUT2D eigenvalue weighted by Gasteiger charge is -1.94. The van der Waals surface area contributed by atoms with E-state index in [9.17, 15) is 14.5 Å². The Hall–Kier alpha value is -1.45. The van der Waals surface area contributed by atoms with E-state index in [0.717, 1.165) is 6.07 Å². The van der Waals surface area contributed by atoms with Crippen LogP contribution in [0.2, 0.25) is 0 Å². The fraction of sp³-hybridized carbons (Fsp3) is 0.333. The Morgan fingerprint density at radius 1 is 1.38 bits per heavy atom. The van der Waals surface area contributed by atoms with Gasteiger partial charge in [-0.05, 0) is 19.1 Å². The van der Waals surface area contributed by atoms with Gasteiger partial charge in [0.15, 0.2) is 0 Å². The van der Waals surface area contributed by atoms with Crippen LogP contribution in [-0.2, 0) is 0 Å². The second-order valence-corrected chi connectivity index (χ2v) is 2.19. The zero-order valence-electron chi connectivity index (χ0n) is 7.87. The van der Waals surface area contributed by atoms with E-state index in [1.165, 1.54) is 12.1 Å². The molecule has 0 spiro atoms. The smallest absolute Gasteiger partial charge is 0.258 e. The summed E-state index contributed by atoms with van der Waals surface area (Å²) in [5.41, 5.74) is 0.293. The maximum atomic E-state index is 12.4. The Morgan fingerprint density at radius 3 is 2.31 bits per heavy atom. The highest BCUT2D eigenvalue weighted by Gasteiger charge is 2.09. The molecule has 0 N–H and O–H groups in total. The molecule has 1 aromatic rings. The number of nitrogens with zero attached hydrogens (tertiary/aromatic N) is 1. The third-order valence-electron chi connectivity index (χ3n) is 1.37.